The number of aromatic nitrogens is 2. The molecule has 0 radical (unpaired) electrons. The molecular formula is C12H18N4OS. The Labute approximate surface area is 111 Å². The van der Waals surface area contributed by atoms with Crippen molar-refractivity contribution in [3.05, 3.63) is 5.51 Å². The fourth-order valence-electron chi connectivity index (χ4n) is 3.79. The van der Waals surface area contributed by atoms with Crippen LogP contribution >= 0.6 is 11.3 Å². The predicted molar refractivity (Wildman–Crippen MR) is 70.0 cm³/mol. The van der Waals surface area contributed by atoms with Crippen LogP contribution in [-0.2, 0) is 4.74 Å². The van der Waals surface area contributed by atoms with Gasteiger partial charge in [-0.05, 0) is 19.3 Å². The van der Waals surface area contributed by atoms with E-state index in [0.717, 1.165) is 24.9 Å². The normalized spacial score (nSPS) is 36.4. The minimum Gasteiger partial charge on any atom is -0.380 e. The molecule has 6 heteroatoms. The number of likely N-dealkylation sites (tertiary alicyclic amines) is 1. The molecule has 1 unspecified atom stereocenters. The van der Waals surface area contributed by atoms with Crippen molar-refractivity contribution in [3.8, 4) is 0 Å². The molecule has 1 aromatic heterocycles. The van der Waals surface area contributed by atoms with Gasteiger partial charge in [0, 0.05) is 37.8 Å². The molecule has 3 aliphatic rings. The SMILES string of the molecule is c1nnc(N2CC[C@H]3[C@H]2CCN3C2CCOC2)s1. The summed E-state index contributed by atoms with van der Waals surface area (Å²) in [6.07, 6.45) is 3.74. The third kappa shape index (κ3) is 1.66. The van der Waals surface area contributed by atoms with Crippen LogP contribution in [0.5, 0.6) is 0 Å². The molecule has 3 atom stereocenters. The second kappa shape index (κ2) is 4.43. The van der Waals surface area contributed by atoms with Crippen molar-refractivity contribution >= 4 is 16.5 Å². The third-order valence-electron chi connectivity index (χ3n) is 4.59. The molecular weight excluding hydrogens is 248 g/mol. The summed E-state index contributed by atoms with van der Waals surface area (Å²) in [6.45, 7) is 4.23. The summed E-state index contributed by atoms with van der Waals surface area (Å²) in [6, 6.07) is 2.02. The number of ether oxygens (including phenoxy) is 1. The van der Waals surface area contributed by atoms with E-state index in [1.165, 1.54) is 25.8 Å². The van der Waals surface area contributed by atoms with E-state index >= 15 is 0 Å². The number of hydrogen-bond acceptors (Lipinski definition) is 6. The van der Waals surface area contributed by atoms with Gasteiger partial charge in [0.2, 0.25) is 5.13 Å². The average molecular weight is 266 g/mol. The summed E-state index contributed by atoms with van der Waals surface area (Å²) >= 11 is 1.66. The highest BCUT2D eigenvalue weighted by Gasteiger charge is 2.46. The van der Waals surface area contributed by atoms with Gasteiger partial charge in [0.15, 0.2) is 0 Å². The molecule has 18 heavy (non-hydrogen) atoms. The first-order chi connectivity index (χ1) is 8.93. The van der Waals surface area contributed by atoms with E-state index in [4.69, 9.17) is 4.74 Å². The molecule has 0 N–H and O–H groups in total. The lowest BCUT2D eigenvalue weighted by Crippen LogP contribution is -2.42. The van der Waals surface area contributed by atoms with Gasteiger partial charge in [-0.1, -0.05) is 11.3 Å². The fraction of sp³-hybridized carbons (Fsp3) is 0.833. The topological polar surface area (TPSA) is 41.5 Å². The quantitative estimate of drug-likeness (QED) is 0.798. The van der Waals surface area contributed by atoms with Crippen LogP contribution in [-0.4, -0.2) is 59.5 Å². The lowest BCUT2D eigenvalue weighted by atomic mass is 10.1. The van der Waals surface area contributed by atoms with E-state index in [1.807, 2.05) is 5.51 Å². The molecule has 0 bridgehead atoms. The van der Waals surface area contributed by atoms with E-state index in [9.17, 15) is 0 Å². The Balaban J connectivity index is 1.52. The molecule has 0 saturated carbocycles. The molecule has 3 aliphatic heterocycles. The van der Waals surface area contributed by atoms with Gasteiger partial charge in [-0.15, -0.1) is 10.2 Å². The summed E-state index contributed by atoms with van der Waals surface area (Å²) in [5, 5.41) is 9.31. The maximum atomic E-state index is 5.54. The Hall–Kier alpha value is -0.720. The minimum absolute atomic E-state index is 0.651. The second-order valence-electron chi connectivity index (χ2n) is 5.38. The Morgan fingerprint density at radius 1 is 1.22 bits per heavy atom. The van der Waals surface area contributed by atoms with E-state index in [1.54, 1.807) is 11.3 Å². The Morgan fingerprint density at radius 3 is 2.94 bits per heavy atom. The highest BCUT2D eigenvalue weighted by molar-refractivity contribution is 7.13. The van der Waals surface area contributed by atoms with Crippen molar-refractivity contribution in [1.29, 1.82) is 0 Å². The number of rotatable bonds is 2. The first kappa shape index (κ1) is 11.1. The number of fused-ring (bicyclic) bond motifs is 1. The highest BCUT2D eigenvalue weighted by atomic mass is 32.1. The lowest BCUT2D eigenvalue weighted by molar-refractivity contribution is 0.135. The Kier molecular flexibility index (Phi) is 2.74. The molecule has 3 fully saturated rings. The zero-order valence-electron chi connectivity index (χ0n) is 10.4. The van der Waals surface area contributed by atoms with Crippen molar-refractivity contribution in [2.24, 2.45) is 0 Å². The van der Waals surface area contributed by atoms with Crippen LogP contribution in [0.2, 0.25) is 0 Å². The predicted octanol–water partition coefficient (Wildman–Crippen LogP) is 0.980. The molecule has 5 nitrogen and oxygen atoms in total. The van der Waals surface area contributed by atoms with Crippen LogP contribution in [0.1, 0.15) is 19.3 Å². The van der Waals surface area contributed by atoms with Crippen molar-refractivity contribution in [3.63, 3.8) is 0 Å². The van der Waals surface area contributed by atoms with Gasteiger partial charge in [-0.25, -0.2) is 0 Å². The minimum atomic E-state index is 0.651. The molecule has 0 spiro atoms. The monoisotopic (exact) mass is 266 g/mol. The van der Waals surface area contributed by atoms with Crippen LogP contribution in [0.4, 0.5) is 5.13 Å². The van der Waals surface area contributed by atoms with Crippen LogP contribution in [0.25, 0.3) is 0 Å². The summed E-state index contributed by atoms with van der Waals surface area (Å²) in [5.41, 5.74) is 1.83. The van der Waals surface area contributed by atoms with Gasteiger partial charge in [-0.3, -0.25) is 4.90 Å². The standard InChI is InChI=1S/C12H18N4OS/c1-4-15(9-3-6-17-7-9)10-2-5-16(11(1)10)12-14-13-8-18-12/h8-11H,1-7H2/t9?,10-,11+/m0/s1. The van der Waals surface area contributed by atoms with Gasteiger partial charge >= 0.3 is 0 Å². The van der Waals surface area contributed by atoms with Crippen molar-refractivity contribution in [2.75, 3.05) is 31.2 Å². The summed E-state index contributed by atoms with van der Waals surface area (Å²) in [4.78, 5) is 5.16. The smallest absolute Gasteiger partial charge is 0.208 e. The van der Waals surface area contributed by atoms with Gasteiger partial charge in [-0.2, -0.15) is 0 Å². The zero-order valence-corrected chi connectivity index (χ0v) is 11.2. The van der Waals surface area contributed by atoms with Gasteiger partial charge in [0.05, 0.1) is 6.61 Å². The average Bonchev–Trinajstić information content (AvgIpc) is 3.14. The molecule has 1 aromatic rings. The van der Waals surface area contributed by atoms with Crippen LogP contribution in [0.3, 0.4) is 0 Å². The van der Waals surface area contributed by atoms with Crippen molar-refractivity contribution < 1.29 is 4.74 Å². The van der Waals surface area contributed by atoms with E-state index < -0.39 is 0 Å². The van der Waals surface area contributed by atoms with Gasteiger partial charge in [0.25, 0.3) is 0 Å². The lowest BCUT2D eigenvalue weighted by Gasteiger charge is -2.29. The first-order valence-electron chi connectivity index (χ1n) is 6.80. The van der Waals surface area contributed by atoms with Crippen molar-refractivity contribution in [1.82, 2.24) is 15.1 Å². The van der Waals surface area contributed by atoms with Crippen LogP contribution in [0.15, 0.2) is 5.51 Å². The first-order valence-corrected chi connectivity index (χ1v) is 7.68. The molecule has 0 aromatic carbocycles. The molecule has 3 saturated heterocycles. The summed E-state index contributed by atoms with van der Waals surface area (Å²) < 4.78 is 5.54. The molecule has 4 heterocycles. The Morgan fingerprint density at radius 2 is 2.17 bits per heavy atom. The summed E-state index contributed by atoms with van der Waals surface area (Å²) in [5.74, 6) is 0. The maximum absolute atomic E-state index is 5.54. The molecule has 0 amide bonds. The third-order valence-corrected chi connectivity index (χ3v) is 5.31. The van der Waals surface area contributed by atoms with E-state index in [-0.39, 0.29) is 0 Å². The van der Waals surface area contributed by atoms with E-state index in [2.05, 4.69) is 20.0 Å². The molecule has 0 aliphatic carbocycles. The number of nitrogens with zero attached hydrogens (tertiary/aromatic N) is 4. The van der Waals surface area contributed by atoms with E-state index in [0.29, 0.717) is 18.1 Å². The number of anilines is 1. The van der Waals surface area contributed by atoms with Crippen molar-refractivity contribution in [2.45, 2.75) is 37.4 Å². The summed E-state index contributed by atoms with van der Waals surface area (Å²) in [7, 11) is 0. The largest absolute Gasteiger partial charge is 0.380 e. The van der Waals surface area contributed by atoms with Gasteiger partial charge in [0.1, 0.15) is 5.51 Å². The number of hydrogen-bond donors (Lipinski definition) is 0. The molecule has 4 rings (SSSR count). The Bertz CT molecular complexity index is 406. The van der Waals surface area contributed by atoms with Gasteiger partial charge < -0.3 is 9.64 Å². The maximum Gasteiger partial charge on any atom is 0.208 e. The fourth-order valence-corrected chi connectivity index (χ4v) is 4.43. The van der Waals surface area contributed by atoms with Crippen LogP contribution in [0, 0.1) is 0 Å². The zero-order chi connectivity index (χ0) is 11.9. The van der Waals surface area contributed by atoms with Crippen LogP contribution < -0.4 is 4.90 Å². The second-order valence-corrected chi connectivity index (χ2v) is 6.19. The molecule has 98 valence electrons. The highest BCUT2D eigenvalue weighted by Crippen LogP contribution is 2.37.